The molecule has 2 aromatic heterocycles. The van der Waals surface area contributed by atoms with Gasteiger partial charge in [-0.1, -0.05) is 29.5 Å². The van der Waals surface area contributed by atoms with Gasteiger partial charge in [-0.2, -0.15) is 0 Å². The smallest absolute Gasteiger partial charge is 0.311 e. The molecule has 11 heteroatoms. The number of esters is 1. The number of aromatic nitrogens is 4. The molecule has 0 fully saturated rings. The van der Waals surface area contributed by atoms with E-state index in [-0.39, 0.29) is 24.1 Å². The van der Waals surface area contributed by atoms with E-state index >= 15 is 0 Å². The van der Waals surface area contributed by atoms with Crippen LogP contribution in [0.25, 0.3) is 0 Å². The molecule has 1 amide bonds. The Hall–Kier alpha value is -2.92. The zero-order chi connectivity index (χ0) is 22.9. The number of benzene rings is 1. The maximum atomic E-state index is 12.3. The number of aryl methyl sites for hydroxylation is 1. The zero-order valence-electron chi connectivity index (χ0n) is 18.2. The molecule has 9 nitrogen and oxygen atoms in total. The van der Waals surface area contributed by atoms with Crippen molar-refractivity contribution >= 4 is 40.1 Å². The number of thiazole rings is 1. The molecule has 1 aromatic carbocycles. The van der Waals surface area contributed by atoms with Crippen molar-refractivity contribution in [2.75, 3.05) is 17.7 Å². The van der Waals surface area contributed by atoms with E-state index < -0.39 is 0 Å². The summed E-state index contributed by atoms with van der Waals surface area (Å²) < 4.78 is 12.6. The van der Waals surface area contributed by atoms with Gasteiger partial charge in [0.05, 0.1) is 24.5 Å². The van der Waals surface area contributed by atoms with E-state index in [4.69, 9.17) is 9.47 Å². The summed E-state index contributed by atoms with van der Waals surface area (Å²) in [6.07, 6.45) is 0.0853. The monoisotopic (exact) mass is 475 g/mol. The van der Waals surface area contributed by atoms with Crippen molar-refractivity contribution in [3.8, 4) is 5.75 Å². The van der Waals surface area contributed by atoms with Gasteiger partial charge in [-0.15, -0.1) is 21.5 Å². The first-order valence-electron chi connectivity index (χ1n) is 10.1. The molecule has 0 saturated carbocycles. The van der Waals surface area contributed by atoms with E-state index in [1.807, 2.05) is 42.7 Å². The van der Waals surface area contributed by atoms with Crippen molar-refractivity contribution in [3.05, 3.63) is 46.7 Å². The largest absolute Gasteiger partial charge is 0.486 e. The van der Waals surface area contributed by atoms with Gasteiger partial charge in [0.25, 0.3) is 0 Å². The van der Waals surface area contributed by atoms with Gasteiger partial charge in [-0.25, -0.2) is 4.98 Å². The van der Waals surface area contributed by atoms with Gasteiger partial charge in [0, 0.05) is 11.9 Å². The lowest BCUT2D eigenvalue weighted by Crippen LogP contribution is -2.15. The molecule has 0 atom stereocenters. The van der Waals surface area contributed by atoms with Crippen molar-refractivity contribution < 1.29 is 19.1 Å². The van der Waals surface area contributed by atoms with Crippen LogP contribution >= 0.6 is 23.1 Å². The maximum absolute atomic E-state index is 12.3. The Balaban J connectivity index is 1.50. The van der Waals surface area contributed by atoms with Gasteiger partial charge < -0.3 is 19.4 Å². The van der Waals surface area contributed by atoms with Crippen LogP contribution in [0.4, 0.5) is 5.13 Å². The number of hydrogen-bond acceptors (Lipinski definition) is 9. The van der Waals surface area contributed by atoms with Crippen LogP contribution < -0.4 is 10.1 Å². The van der Waals surface area contributed by atoms with Crippen LogP contribution in [0.2, 0.25) is 0 Å². The van der Waals surface area contributed by atoms with Crippen molar-refractivity contribution in [2.24, 2.45) is 0 Å². The molecule has 0 radical (unpaired) electrons. The highest BCUT2D eigenvalue weighted by Gasteiger charge is 2.15. The first-order valence-corrected chi connectivity index (χ1v) is 12.0. The van der Waals surface area contributed by atoms with Gasteiger partial charge in [-0.3, -0.25) is 9.59 Å². The van der Waals surface area contributed by atoms with Crippen molar-refractivity contribution in [1.29, 1.82) is 0 Å². The molecule has 0 aliphatic rings. The fourth-order valence-corrected chi connectivity index (χ4v) is 4.27. The van der Waals surface area contributed by atoms with E-state index in [9.17, 15) is 9.59 Å². The Kier molecular flexibility index (Phi) is 8.63. The Labute approximate surface area is 194 Å². The minimum absolute atomic E-state index is 0.0853. The molecule has 0 aliphatic heterocycles. The molecule has 3 aromatic rings. The lowest BCUT2D eigenvalue weighted by atomic mass is 10.2. The zero-order valence-corrected chi connectivity index (χ0v) is 19.8. The molecule has 0 saturated heterocycles. The van der Waals surface area contributed by atoms with Crippen LogP contribution in [0.3, 0.4) is 0 Å². The van der Waals surface area contributed by atoms with Crippen LogP contribution in [0.1, 0.15) is 30.9 Å². The van der Waals surface area contributed by atoms with Crippen LogP contribution in [0, 0.1) is 6.92 Å². The number of thioether (sulfide) groups is 1. The van der Waals surface area contributed by atoms with E-state index in [0.717, 1.165) is 5.75 Å². The molecule has 1 N–H and O–H groups in total. The van der Waals surface area contributed by atoms with E-state index in [0.29, 0.717) is 41.6 Å². The summed E-state index contributed by atoms with van der Waals surface area (Å²) in [7, 11) is 0. The third kappa shape index (κ3) is 6.79. The van der Waals surface area contributed by atoms with Crippen molar-refractivity contribution in [1.82, 2.24) is 19.7 Å². The highest BCUT2D eigenvalue weighted by molar-refractivity contribution is 7.99. The fourth-order valence-electron chi connectivity index (χ4n) is 2.72. The second kappa shape index (κ2) is 11.6. The highest BCUT2D eigenvalue weighted by Crippen LogP contribution is 2.21. The normalized spacial score (nSPS) is 10.7. The van der Waals surface area contributed by atoms with Gasteiger partial charge in [-0.05, 0) is 32.9 Å². The second-order valence-corrected chi connectivity index (χ2v) is 8.51. The summed E-state index contributed by atoms with van der Waals surface area (Å²) in [5, 5.41) is 14.0. The molecular formula is C21H25N5O4S2. The summed E-state index contributed by atoms with van der Waals surface area (Å²) in [6.45, 7) is 7.04. The third-order valence-electron chi connectivity index (χ3n) is 4.26. The molecule has 2 heterocycles. The molecule has 0 aliphatic carbocycles. The second-order valence-electron chi connectivity index (χ2n) is 6.71. The minimum Gasteiger partial charge on any atom is -0.486 e. The number of ether oxygens (including phenoxy) is 2. The summed E-state index contributed by atoms with van der Waals surface area (Å²) in [5.41, 5.74) is 1.74. The summed E-state index contributed by atoms with van der Waals surface area (Å²) in [5.74, 6) is 1.06. The standard InChI is InChI=1S/C21H25N5O4S2/c1-4-26-17(11-30-16-8-6-14(3)7-9-16)24-25-21(26)32-13-18(27)23-20-22-15(12-31-20)10-19(28)29-5-2/h6-9,12H,4-5,10-11,13H2,1-3H3,(H,22,23,27). The lowest BCUT2D eigenvalue weighted by Gasteiger charge is -2.09. The fraction of sp³-hybridized carbons (Fsp3) is 0.381. The van der Waals surface area contributed by atoms with Gasteiger partial charge in [0.1, 0.15) is 12.4 Å². The summed E-state index contributed by atoms with van der Waals surface area (Å²) >= 11 is 2.56. The molecule has 32 heavy (non-hydrogen) atoms. The first kappa shape index (κ1) is 23.7. The maximum Gasteiger partial charge on any atom is 0.311 e. The van der Waals surface area contributed by atoms with E-state index in [2.05, 4.69) is 20.5 Å². The number of nitrogens with one attached hydrogen (secondary N) is 1. The lowest BCUT2D eigenvalue weighted by molar-refractivity contribution is -0.142. The van der Waals surface area contributed by atoms with Crippen LogP contribution in [0.5, 0.6) is 5.75 Å². The molecule has 3 rings (SSSR count). The number of nitrogens with zero attached hydrogens (tertiary/aromatic N) is 4. The van der Waals surface area contributed by atoms with Gasteiger partial charge in [0.15, 0.2) is 16.1 Å². The Morgan fingerprint density at radius 2 is 1.97 bits per heavy atom. The molecule has 0 bridgehead atoms. The Bertz CT molecular complexity index is 1050. The molecule has 170 valence electrons. The average molecular weight is 476 g/mol. The highest BCUT2D eigenvalue weighted by atomic mass is 32.2. The van der Waals surface area contributed by atoms with Gasteiger partial charge in [0.2, 0.25) is 5.91 Å². The number of rotatable bonds is 11. The first-order chi connectivity index (χ1) is 15.5. The number of anilines is 1. The number of hydrogen-bond donors (Lipinski definition) is 1. The average Bonchev–Trinajstić information content (AvgIpc) is 3.38. The predicted octanol–water partition coefficient (Wildman–Crippen LogP) is 3.48. The topological polar surface area (TPSA) is 108 Å². The Morgan fingerprint density at radius 1 is 1.19 bits per heavy atom. The minimum atomic E-state index is -0.340. The van der Waals surface area contributed by atoms with E-state index in [1.54, 1.807) is 12.3 Å². The molecule has 0 unspecified atom stereocenters. The number of carbonyl (C=O) groups excluding carboxylic acids is 2. The predicted molar refractivity (Wildman–Crippen MR) is 123 cm³/mol. The van der Waals surface area contributed by atoms with Gasteiger partial charge >= 0.3 is 5.97 Å². The summed E-state index contributed by atoms with van der Waals surface area (Å²) in [6, 6.07) is 7.81. The van der Waals surface area contributed by atoms with Crippen molar-refractivity contribution in [2.45, 2.75) is 45.5 Å². The third-order valence-corrected chi connectivity index (χ3v) is 6.03. The number of carbonyl (C=O) groups is 2. The van der Waals surface area contributed by atoms with Crippen LogP contribution in [-0.4, -0.2) is 44.0 Å². The van der Waals surface area contributed by atoms with Crippen LogP contribution in [-0.2, 0) is 33.9 Å². The van der Waals surface area contributed by atoms with Crippen LogP contribution in [0.15, 0.2) is 34.8 Å². The molecule has 0 spiro atoms. The Morgan fingerprint density at radius 3 is 2.69 bits per heavy atom. The van der Waals surface area contributed by atoms with E-state index in [1.165, 1.54) is 28.7 Å². The van der Waals surface area contributed by atoms with Crippen molar-refractivity contribution in [3.63, 3.8) is 0 Å². The SMILES string of the molecule is CCOC(=O)Cc1csc(NC(=O)CSc2nnc(COc3ccc(C)cc3)n2CC)n1. The quantitative estimate of drug-likeness (QED) is 0.332. The summed E-state index contributed by atoms with van der Waals surface area (Å²) in [4.78, 5) is 28.1. The number of amides is 1. The molecular weight excluding hydrogens is 450 g/mol.